The SMILES string of the molecule is FC(F)(F)COC(CC(F)(F)C(F)(F)C(F)(F)C(F)(F)C(F)(F)C(F)(F)F)c1ccccc1. The fourth-order valence-corrected chi connectivity index (χ4v) is 2.30. The minimum absolute atomic E-state index is 0.680. The lowest BCUT2D eigenvalue weighted by atomic mass is 9.90. The molecule has 0 bridgehead atoms. The second kappa shape index (κ2) is 8.69. The number of rotatable bonds is 9. The largest absolute Gasteiger partial charge is 0.460 e. The molecular formula is C16H10F16O. The molecule has 0 heterocycles. The van der Waals surface area contributed by atoms with E-state index in [1.807, 2.05) is 0 Å². The van der Waals surface area contributed by atoms with Crippen molar-refractivity contribution in [2.24, 2.45) is 0 Å². The number of benzene rings is 1. The Morgan fingerprint density at radius 1 is 0.576 bits per heavy atom. The highest BCUT2D eigenvalue weighted by Gasteiger charge is 2.90. The average Bonchev–Trinajstić information content (AvgIpc) is 2.63. The molecule has 0 saturated heterocycles. The first kappa shape index (κ1) is 29.1. The molecule has 0 aliphatic heterocycles. The topological polar surface area (TPSA) is 9.23 Å². The number of alkyl halides is 16. The van der Waals surface area contributed by atoms with Crippen molar-refractivity contribution in [1.82, 2.24) is 0 Å². The monoisotopic (exact) mass is 522 g/mol. The van der Waals surface area contributed by atoms with Crippen LogP contribution < -0.4 is 0 Å². The van der Waals surface area contributed by atoms with Gasteiger partial charge in [0.25, 0.3) is 0 Å². The molecule has 33 heavy (non-hydrogen) atoms. The van der Waals surface area contributed by atoms with Crippen molar-refractivity contribution in [2.75, 3.05) is 6.61 Å². The molecule has 0 aromatic heterocycles. The van der Waals surface area contributed by atoms with Crippen molar-refractivity contribution < 1.29 is 75.0 Å². The summed E-state index contributed by atoms with van der Waals surface area (Å²) in [5, 5.41) is 0. The highest BCUT2D eigenvalue weighted by Crippen LogP contribution is 2.61. The molecule has 0 aliphatic carbocycles. The molecular weight excluding hydrogens is 512 g/mol. The highest BCUT2D eigenvalue weighted by atomic mass is 19.4. The van der Waals surface area contributed by atoms with Crippen LogP contribution in [0.5, 0.6) is 0 Å². The van der Waals surface area contributed by atoms with Crippen LogP contribution in [0.25, 0.3) is 0 Å². The van der Waals surface area contributed by atoms with E-state index in [4.69, 9.17) is 0 Å². The van der Waals surface area contributed by atoms with Crippen molar-refractivity contribution in [3.05, 3.63) is 35.9 Å². The highest BCUT2D eigenvalue weighted by molar-refractivity contribution is 5.19. The van der Waals surface area contributed by atoms with E-state index in [1.165, 1.54) is 0 Å². The summed E-state index contributed by atoms with van der Waals surface area (Å²) in [6, 6.07) is 4.36. The van der Waals surface area contributed by atoms with Crippen LogP contribution >= 0.6 is 0 Å². The van der Waals surface area contributed by atoms with E-state index in [-0.39, 0.29) is 0 Å². The molecule has 0 amide bonds. The molecule has 1 nitrogen and oxygen atoms in total. The summed E-state index contributed by atoms with van der Waals surface area (Å²) in [5.41, 5.74) is -0.784. The summed E-state index contributed by atoms with van der Waals surface area (Å²) in [7, 11) is 0. The smallest absolute Gasteiger partial charge is 0.364 e. The molecule has 0 spiro atoms. The zero-order chi connectivity index (χ0) is 26.3. The predicted molar refractivity (Wildman–Crippen MR) is 76.6 cm³/mol. The molecule has 0 saturated carbocycles. The third-order valence-corrected chi connectivity index (χ3v) is 4.06. The maximum Gasteiger partial charge on any atom is 0.460 e. The third-order valence-electron chi connectivity index (χ3n) is 4.06. The van der Waals surface area contributed by atoms with Gasteiger partial charge in [0, 0.05) is 6.42 Å². The van der Waals surface area contributed by atoms with Gasteiger partial charge in [0.1, 0.15) is 6.61 Å². The van der Waals surface area contributed by atoms with E-state index >= 15 is 0 Å². The van der Waals surface area contributed by atoms with Gasteiger partial charge in [-0.2, -0.15) is 70.2 Å². The molecule has 1 aromatic carbocycles. The van der Waals surface area contributed by atoms with Gasteiger partial charge >= 0.3 is 42.0 Å². The van der Waals surface area contributed by atoms with E-state index in [9.17, 15) is 70.2 Å². The van der Waals surface area contributed by atoms with Gasteiger partial charge in [-0.3, -0.25) is 0 Å². The number of ether oxygens (including phenoxy) is 1. The minimum Gasteiger partial charge on any atom is -0.364 e. The lowest BCUT2D eigenvalue weighted by Gasteiger charge is -2.40. The van der Waals surface area contributed by atoms with Crippen molar-refractivity contribution in [3.63, 3.8) is 0 Å². The zero-order valence-electron chi connectivity index (χ0n) is 15.3. The number of hydrogen-bond donors (Lipinski definition) is 0. The van der Waals surface area contributed by atoms with Crippen LogP contribution in [-0.4, -0.2) is 48.6 Å². The lowest BCUT2D eigenvalue weighted by molar-refractivity contribution is -0.441. The Hall–Kier alpha value is -1.94. The molecule has 17 heteroatoms. The molecule has 0 N–H and O–H groups in total. The van der Waals surface area contributed by atoms with Gasteiger partial charge in [0.05, 0.1) is 6.10 Å². The van der Waals surface area contributed by atoms with Crippen LogP contribution in [0.3, 0.4) is 0 Å². The minimum atomic E-state index is -8.10. The molecule has 1 aromatic rings. The van der Waals surface area contributed by atoms with Crippen LogP contribution in [0.4, 0.5) is 70.2 Å². The summed E-state index contributed by atoms with van der Waals surface area (Å²) in [6.45, 7) is -2.42. The normalized spacial score (nSPS) is 16.1. The van der Waals surface area contributed by atoms with E-state index in [0.717, 1.165) is 18.2 Å². The van der Waals surface area contributed by atoms with E-state index in [2.05, 4.69) is 4.74 Å². The van der Waals surface area contributed by atoms with Gasteiger partial charge in [-0.25, -0.2) is 0 Å². The lowest BCUT2D eigenvalue weighted by Crippen LogP contribution is -2.70. The third kappa shape index (κ3) is 5.42. The standard InChI is InChI=1S/C16H10F16O/c17-10(18,6-9(33-7-11(19,20)21)8-4-2-1-3-5-8)12(22,23)13(24,25)14(26,27)15(28,29)16(30,31)32/h1-5,9H,6-7H2. The maximum absolute atomic E-state index is 14.0. The zero-order valence-corrected chi connectivity index (χ0v) is 15.3. The Balaban J connectivity index is 3.43. The first-order valence-electron chi connectivity index (χ1n) is 8.11. The summed E-state index contributed by atoms with van der Waals surface area (Å²) >= 11 is 0. The van der Waals surface area contributed by atoms with Crippen LogP contribution in [0.1, 0.15) is 18.1 Å². The second-order valence-electron chi connectivity index (χ2n) is 6.53. The van der Waals surface area contributed by atoms with Gasteiger partial charge in [0.15, 0.2) is 0 Å². The fourth-order valence-electron chi connectivity index (χ4n) is 2.30. The second-order valence-corrected chi connectivity index (χ2v) is 6.53. The molecule has 1 atom stereocenters. The van der Waals surface area contributed by atoms with Crippen molar-refractivity contribution in [2.45, 2.75) is 54.5 Å². The number of halogens is 16. The summed E-state index contributed by atoms with van der Waals surface area (Å²) in [6.07, 6.45) is -18.6. The molecule has 0 fully saturated rings. The van der Waals surface area contributed by atoms with Crippen molar-refractivity contribution in [3.8, 4) is 0 Å². The average molecular weight is 522 g/mol. The van der Waals surface area contributed by atoms with Gasteiger partial charge < -0.3 is 4.74 Å². The quantitative estimate of drug-likeness (QED) is 0.307. The summed E-state index contributed by atoms with van der Waals surface area (Å²) in [5.74, 6) is -38.2. The first-order chi connectivity index (χ1) is 14.4. The Labute approximate surface area is 173 Å². The molecule has 1 unspecified atom stereocenters. The molecule has 0 aliphatic rings. The summed E-state index contributed by atoms with van der Waals surface area (Å²) < 4.78 is 212. The van der Waals surface area contributed by atoms with E-state index in [0.29, 0.717) is 12.1 Å². The molecule has 1 rings (SSSR count). The Bertz CT molecular complexity index is 780. The van der Waals surface area contributed by atoms with Crippen LogP contribution in [0.15, 0.2) is 30.3 Å². The van der Waals surface area contributed by atoms with E-state index in [1.54, 1.807) is 0 Å². The van der Waals surface area contributed by atoms with Crippen molar-refractivity contribution >= 4 is 0 Å². The fraction of sp³-hybridized carbons (Fsp3) is 0.625. The van der Waals surface area contributed by atoms with Gasteiger partial charge in [-0.15, -0.1) is 0 Å². The van der Waals surface area contributed by atoms with Crippen LogP contribution in [0, 0.1) is 0 Å². The maximum atomic E-state index is 14.0. The Morgan fingerprint density at radius 2 is 1.00 bits per heavy atom. The first-order valence-corrected chi connectivity index (χ1v) is 8.11. The van der Waals surface area contributed by atoms with Gasteiger partial charge in [-0.1, -0.05) is 30.3 Å². The van der Waals surface area contributed by atoms with Crippen molar-refractivity contribution in [1.29, 1.82) is 0 Å². The van der Waals surface area contributed by atoms with Gasteiger partial charge in [-0.05, 0) is 5.56 Å². The van der Waals surface area contributed by atoms with Crippen LogP contribution in [-0.2, 0) is 4.74 Å². The summed E-state index contributed by atoms with van der Waals surface area (Å²) in [4.78, 5) is 0. The van der Waals surface area contributed by atoms with Crippen LogP contribution in [0.2, 0.25) is 0 Å². The molecule has 0 radical (unpaired) electrons. The molecule has 192 valence electrons. The Morgan fingerprint density at radius 3 is 1.39 bits per heavy atom. The Kier molecular flexibility index (Phi) is 7.66. The van der Waals surface area contributed by atoms with E-state index < -0.39 is 66.7 Å². The predicted octanol–water partition coefficient (Wildman–Crippen LogP) is 7.44. The van der Waals surface area contributed by atoms with Gasteiger partial charge in [0.2, 0.25) is 0 Å². The number of hydrogen-bond acceptors (Lipinski definition) is 1.